The van der Waals surface area contributed by atoms with E-state index in [0.29, 0.717) is 0 Å². The van der Waals surface area contributed by atoms with E-state index < -0.39 is 0 Å². The first-order chi connectivity index (χ1) is 8.70. The molecule has 0 atom stereocenters. The van der Waals surface area contributed by atoms with Crippen LogP contribution in [0.2, 0.25) is 0 Å². The zero-order chi connectivity index (χ0) is 13.0. The van der Waals surface area contributed by atoms with Crippen molar-refractivity contribution in [2.75, 3.05) is 38.1 Å². The molecule has 0 aliphatic carbocycles. The van der Waals surface area contributed by atoms with E-state index in [4.69, 9.17) is 0 Å². The Bertz CT molecular complexity index is 391. The fourth-order valence-electron chi connectivity index (χ4n) is 2.33. The summed E-state index contributed by atoms with van der Waals surface area (Å²) in [6, 6.07) is 0. The summed E-state index contributed by atoms with van der Waals surface area (Å²) in [5, 5.41) is 9.32. The van der Waals surface area contributed by atoms with Gasteiger partial charge in [0, 0.05) is 31.9 Å². The number of hydrogen-bond acceptors (Lipinski definition) is 5. The molecule has 1 saturated heterocycles. The fourth-order valence-corrected chi connectivity index (χ4v) is 2.33. The number of anilines is 1. The molecule has 2 rings (SSSR count). The molecule has 2 heterocycles. The standard InChI is InChI=1S/C13H22N4O/c1-11-14-9-12(10-18)13(15-11)16(2)7-8-17-5-3-4-6-17/h9,18H,3-8,10H2,1-2H3. The van der Waals surface area contributed by atoms with Crippen LogP contribution >= 0.6 is 0 Å². The smallest absolute Gasteiger partial charge is 0.137 e. The van der Waals surface area contributed by atoms with Gasteiger partial charge in [0.15, 0.2) is 0 Å². The Morgan fingerprint density at radius 2 is 2.11 bits per heavy atom. The molecule has 1 aromatic rings. The van der Waals surface area contributed by atoms with Gasteiger partial charge in [-0.1, -0.05) is 0 Å². The minimum Gasteiger partial charge on any atom is -0.391 e. The molecule has 5 heteroatoms. The highest BCUT2D eigenvalue weighted by Crippen LogP contribution is 2.16. The van der Waals surface area contributed by atoms with E-state index in [-0.39, 0.29) is 6.61 Å². The SMILES string of the molecule is Cc1ncc(CO)c(N(C)CCN2CCCC2)n1. The van der Waals surface area contributed by atoms with Gasteiger partial charge in [0.2, 0.25) is 0 Å². The second-order valence-corrected chi connectivity index (χ2v) is 4.89. The largest absolute Gasteiger partial charge is 0.391 e. The molecule has 1 fully saturated rings. The molecule has 0 bridgehead atoms. The van der Waals surface area contributed by atoms with Crippen LogP contribution in [0.4, 0.5) is 5.82 Å². The van der Waals surface area contributed by atoms with E-state index >= 15 is 0 Å². The Balaban J connectivity index is 1.98. The normalized spacial score (nSPS) is 16.2. The number of hydrogen-bond donors (Lipinski definition) is 1. The Hall–Kier alpha value is -1.20. The first kappa shape index (κ1) is 13.2. The zero-order valence-corrected chi connectivity index (χ0v) is 11.3. The summed E-state index contributed by atoms with van der Waals surface area (Å²) in [4.78, 5) is 13.1. The van der Waals surface area contributed by atoms with Gasteiger partial charge in [0.05, 0.1) is 6.61 Å². The lowest BCUT2D eigenvalue weighted by Gasteiger charge is -2.23. The van der Waals surface area contributed by atoms with Gasteiger partial charge in [-0.25, -0.2) is 9.97 Å². The molecule has 0 unspecified atom stereocenters. The van der Waals surface area contributed by atoms with Crippen LogP contribution < -0.4 is 4.90 Å². The van der Waals surface area contributed by atoms with E-state index in [1.165, 1.54) is 25.9 Å². The molecule has 18 heavy (non-hydrogen) atoms. The molecule has 0 saturated carbocycles. The van der Waals surface area contributed by atoms with Crippen molar-refractivity contribution in [1.82, 2.24) is 14.9 Å². The predicted molar refractivity (Wildman–Crippen MR) is 71.6 cm³/mol. The number of aryl methyl sites for hydroxylation is 1. The third-order valence-electron chi connectivity index (χ3n) is 3.44. The van der Waals surface area contributed by atoms with E-state index in [9.17, 15) is 5.11 Å². The quantitative estimate of drug-likeness (QED) is 0.838. The second-order valence-electron chi connectivity index (χ2n) is 4.89. The van der Waals surface area contributed by atoms with E-state index in [0.717, 1.165) is 30.3 Å². The average molecular weight is 250 g/mol. The topological polar surface area (TPSA) is 52.5 Å². The zero-order valence-electron chi connectivity index (χ0n) is 11.3. The van der Waals surface area contributed by atoms with Gasteiger partial charge in [-0.15, -0.1) is 0 Å². The van der Waals surface area contributed by atoms with Gasteiger partial charge in [-0.2, -0.15) is 0 Å². The maximum atomic E-state index is 9.32. The van der Waals surface area contributed by atoms with Crippen LogP contribution in [-0.2, 0) is 6.61 Å². The third kappa shape index (κ3) is 3.17. The summed E-state index contributed by atoms with van der Waals surface area (Å²) in [5.41, 5.74) is 0.796. The lowest BCUT2D eigenvalue weighted by Crippen LogP contribution is -2.32. The maximum Gasteiger partial charge on any atom is 0.137 e. The van der Waals surface area contributed by atoms with Crippen LogP contribution in [0, 0.1) is 6.92 Å². The molecule has 1 aliphatic heterocycles. The third-order valence-corrected chi connectivity index (χ3v) is 3.44. The van der Waals surface area contributed by atoms with Gasteiger partial charge in [0.1, 0.15) is 11.6 Å². The van der Waals surface area contributed by atoms with Crippen LogP contribution in [0.15, 0.2) is 6.20 Å². The first-order valence-corrected chi connectivity index (χ1v) is 6.57. The van der Waals surface area contributed by atoms with Crippen molar-refractivity contribution in [3.05, 3.63) is 17.6 Å². The molecule has 5 nitrogen and oxygen atoms in total. The van der Waals surface area contributed by atoms with Gasteiger partial charge >= 0.3 is 0 Å². The highest BCUT2D eigenvalue weighted by molar-refractivity contribution is 5.44. The Kier molecular flexibility index (Phi) is 4.49. The maximum absolute atomic E-state index is 9.32. The van der Waals surface area contributed by atoms with E-state index in [2.05, 4.69) is 19.8 Å². The lowest BCUT2D eigenvalue weighted by atomic mass is 10.3. The van der Waals surface area contributed by atoms with Gasteiger partial charge in [0.25, 0.3) is 0 Å². The lowest BCUT2D eigenvalue weighted by molar-refractivity contribution is 0.281. The van der Waals surface area contributed by atoms with Crippen molar-refractivity contribution in [3.8, 4) is 0 Å². The van der Waals surface area contributed by atoms with Crippen LogP contribution in [0.3, 0.4) is 0 Å². The van der Waals surface area contributed by atoms with Crippen molar-refractivity contribution >= 4 is 5.82 Å². The van der Waals surface area contributed by atoms with E-state index in [1.54, 1.807) is 6.20 Å². The second kappa shape index (κ2) is 6.11. The van der Waals surface area contributed by atoms with Crippen molar-refractivity contribution < 1.29 is 5.11 Å². The Labute approximate surface area is 108 Å². The average Bonchev–Trinajstić information content (AvgIpc) is 2.89. The molecular formula is C13H22N4O. The Morgan fingerprint density at radius 3 is 2.78 bits per heavy atom. The van der Waals surface area contributed by atoms with Crippen LogP contribution in [0.25, 0.3) is 0 Å². The van der Waals surface area contributed by atoms with Gasteiger partial charge in [-0.3, -0.25) is 0 Å². The summed E-state index contributed by atoms with van der Waals surface area (Å²) in [6.07, 6.45) is 4.35. The molecule has 0 amide bonds. The number of likely N-dealkylation sites (tertiary alicyclic amines) is 1. The number of aromatic nitrogens is 2. The van der Waals surface area contributed by atoms with Crippen LogP contribution in [0.1, 0.15) is 24.2 Å². The molecule has 100 valence electrons. The molecule has 1 N–H and O–H groups in total. The predicted octanol–water partition coefficient (Wildman–Crippen LogP) is 0.809. The molecular weight excluding hydrogens is 228 g/mol. The summed E-state index contributed by atoms with van der Waals surface area (Å²) in [5.74, 6) is 1.60. The number of aliphatic hydroxyl groups is 1. The van der Waals surface area contributed by atoms with Crippen molar-refractivity contribution in [3.63, 3.8) is 0 Å². The van der Waals surface area contributed by atoms with Crippen molar-refractivity contribution in [2.24, 2.45) is 0 Å². The minimum absolute atomic E-state index is 0.0103. The highest BCUT2D eigenvalue weighted by Gasteiger charge is 2.14. The number of rotatable bonds is 5. The number of aliphatic hydroxyl groups excluding tert-OH is 1. The summed E-state index contributed by atoms with van der Waals surface area (Å²) in [6.45, 7) is 6.28. The molecule has 0 radical (unpaired) electrons. The van der Waals surface area contributed by atoms with Crippen molar-refractivity contribution in [2.45, 2.75) is 26.4 Å². The molecule has 1 aliphatic rings. The molecule has 0 aromatic carbocycles. The molecule has 1 aromatic heterocycles. The summed E-state index contributed by atoms with van der Waals surface area (Å²) < 4.78 is 0. The van der Waals surface area contributed by atoms with E-state index in [1.807, 2.05) is 14.0 Å². The summed E-state index contributed by atoms with van der Waals surface area (Å²) >= 11 is 0. The van der Waals surface area contributed by atoms with Gasteiger partial charge in [-0.05, 0) is 32.9 Å². The minimum atomic E-state index is -0.0103. The summed E-state index contributed by atoms with van der Waals surface area (Å²) in [7, 11) is 2.02. The number of likely N-dealkylation sites (N-methyl/N-ethyl adjacent to an activating group) is 1. The fraction of sp³-hybridized carbons (Fsp3) is 0.692. The van der Waals surface area contributed by atoms with Gasteiger partial charge < -0.3 is 14.9 Å². The van der Waals surface area contributed by atoms with Crippen molar-refractivity contribution in [1.29, 1.82) is 0 Å². The highest BCUT2D eigenvalue weighted by atomic mass is 16.3. The monoisotopic (exact) mass is 250 g/mol. The Morgan fingerprint density at radius 1 is 1.39 bits per heavy atom. The number of nitrogens with zero attached hydrogens (tertiary/aromatic N) is 4. The van der Waals surface area contributed by atoms with Crippen LogP contribution in [0.5, 0.6) is 0 Å². The molecule has 0 spiro atoms. The first-order valence-electron chi connectivity index (χ1n) is 6.57. The van der Waals surface area contributed by atoms with Crippen LogP contribution in [-0.4, -0.2) is 53.2 Å².